The summed E-state index contributed by atoms with van der Waals surface area (Å²) in [7, 11) is 0. The Kier molecular flexibility index (Phi) is 3.78. The zero-order valence-electron chi connectivity index (χ0n) is 9.45. The highest BCUT2D eigenvalue weighted by molar-refractivity contribution is 7.99. The van der Waals surface area contributed by atoms with Crippen LogP contribution in [0.5, 0.6) is 0 Å². The van der Waals surface area contributed by atoms with E-state index >= 15 is 0 Å². The molecule has 0 aliphatic carbocycles. The fraction of sp³-hybridized carbons (Fsp3) is 0.909. The van der Waals surface area contributed by atoms with Crippen molar-refractivity contribution in [3.63, 3.8) is 0 Å². The van der Waals surface area contributed by atoms with Crippen molar-refractivity contribution in [1.82, 2.24) is 9.80 Å². The maximum absolute atomic E-state index is 12.2. The minimum absolute atomic E-state index is 0.280. The van der Waals surface area contributed by atoms with Crippen LogP contribution in [0.1, 0.15) is 26.2 Å². The molecule has 1 atom stereocenters. The van der Waals surface area contributed by atoms with Crippen molar-refractivity contribution in [2.75, 3.05) is 31.1 Å². The lowest BCUT2D eigenvalue weighted by Gasteiger charge is -2.38. The summed E-state index contributed by atoms with van der Waals surface area (Å²) >= 11 is 1.96. The predicted molar refractivity (Wildman–Crippen MR) is 64.3 cm³/mol. The minimum atomic E-state index is 0.280. The van der Waals surface area contributed by atoms with Crippen molar-refractivity contribution < 1.29 is 4.79 Å². The molecule has 2 aliphatic rings. The van der Waals surface area contributed by atoms with Gasteiger partial charge in [-0.05, 0) is 26.2 Å². The topological polar surface area (TPSA) is 23.6 Å². The molecule has 1 unspecified atom stereocenters. The third-order valence-corrected chi connectivity index (χ3v) is 4.43. The second-order valence-electron chi connectivity index (χ2n) is 4.45. The van der Waals surface area contributed by atoms with Crippen molar-refractivity contribution >= 4 is 17.8 Å². The molecule has 2 amide bonds. The number of amides is 2. The summed E-state index contributed by atoms with van der Waals surface area (Å²) in [6.45, 7) is 5.03. The van der Waals surface area contributed by atoms with Crippen molar-refractivity contribution in [2.45, 2.75) is 32.2 Å². The molecule has 0 aromatic heterocycles. The Hall–Kier alpha value is -0.380. The predicted octanol–water partition coefficient (Wildman–Crippen LogP) is 2.03. The maximum Gasteiger partial charge on any atom is 0.320 e. The number of piperidine rings is 1. The van der Waals surface area contributed by atoms with E-state index in [9.17, 15) is 4.79 Å². The summed E-state index contributed by atoms with van der Waals surface area (Å²) in [4.78, 5) is 16.3. The summed E-state index contributed by atoms with van der Waals surface area (Å²) in [5.74, 6) is 2.20. The van der Waals surface area contributed by atoms with E-state index in [2.05, 4.69) is 11.8 Å². The molecule has 0 aromatic carbocycles. The van der Waals surface area contributed by atoms with Gasteiger partial charge in [0.2, 0.25) is 0 Å². The molecular formula is C11H20N2OS. The first-order valence-electron chi connectivity index (χ1n) is 5.92. The lowest BCUT2D eigenvalue weighted by atomic mass is 10.1. The fourth-order valence-electron chi connectivity index (χ4n) is 2.28. The zero-order chi connectivity index (χ0) is 10.7. The van der Waals surface area contributed by atoms with E-state index in [4.69, 9.17) is 0 Å². The molecule has 0 bridgehead atoms. The molecule has 4 heteroatoms. The van der Waals surface area contributed by atoms with Gasteiger partial charge >= 0.3 is 6.03 Å². The van der Waals surface area contributed by atoms with Gasteiger partial charge < -0.3 is 9.80 Å². The van der Waals surface area contributed by atoms with Crippen LogP contribution >= 0.6 is 11.8 Å². The number of urea groups is 1. The summed E-state index contributed by atoms with van der Waals surface area (Å²) in [6.07, 6.45) is 3.65. The van der Waals surface area contributed by atoms with Crippen molar-refractivity contribution in [2.24, 2.45) is 0 Å². The smallest absolute Gasteiger partial charge is 0.320 e. The highest BCUT2D eigenvalue weighted by Gasteiger charge is 2.27. The monoisotopic (exact) mass is 228 g/mol. The number of hydrogen-bond donors (Lipinski definition) is 0. The normalized spacial score (nSPS) is 27.9. The number of carbonyl (C=O) groups is 1. The second kappa shape index (κ2) is 5.10. The molecule has 0 N–H and O–H groups in total. The van der Waals surface area contributed by atoms with Crippen molar-refractivity contribution in [3.05, 3.63) is 0 Å². The number of rotatable bonds is 0. The number of nitrogens with zero attached hydrogens (tertiary/aromatic N) is 2. The van der Waals surface area contributed by atoms with Gasteiger partial charge in [0.1, 0.15) is 0 Å². The van der Waals surface area contributed by atoms with E-state index in [1.165, 1.54) is 19.3 Å². The summed E-state index contributed by atoms with van der Waals surface area (Å²) in [5, 5.41) is 0. The van der Waals surface area contributed by atoms with Gasteiger partial charge in [-0.15, -0.1) is 0 Å². The summed E-state index contributed by atoms with van der Waals surface area (Å²) in [6, 6.07) is 0.695. The van der Waals surface area contributed by atoms with Gasteiger partial charge in [-0.1, -0.05) is 0 Å². The van der Waals surface area contributed by atoms with Crippen LogP contribution in [0.25, 0.3) is 0 Å². The summed E-state index contributed by atoms with van der Waals surface area (Å²) < 4.78 is 0. The average molecular weight is 228 g/mol. The second-order valence-corrected chi connectivity index (χ2v) is 5.60. The lowest BCUT2D eigenvalue weighted by molar-refractivity contribution is 0.134. The van der Waals surface area contributed by atoms with Crippen LogP contribution in [0.4, 0.5) is 4.79 Å². The molecule has 2 rings (SSSR count). The van der Waals surface area contributed by atoms with Gasteiger partial charge in [0.15, 0.2) is 0 Å². The van der Waals surface area contributed by atoms with Crippen LogP contribution in [0, 0.1) is 0 Å². The van der Waals surface area contributed by atoms with Crippen LogP contribution in [0.2, 0.25) is 0 Å². The fourth-order valence-corrected chi connectivity index (χ4v) is 3.29. The van der Waals surface area contributed by atoms with Crippen molar-refractivity contribution in [3.8, 4) is 0 Å². The minimum Gasteiger partial charge on any atom is -0.325 e. The van der Waals surface area contributed by atoms with Gasteiger partial charge in [-0.25, -0.2) is 4.79 Å². The Labute approximate surface area is 96.2 Å². The highest BCUT2D eigenvalue weighted by Crippen LogP contribution is 2.19. The SMILES string of the molecule is CC1CSCCN1C(=O)N1CCCCC1. The van der Waals surface area contributed by atoms with Crippen LogP contribution in [0.15, 0.2) is 0 Å². The van der Waals surface area contributed by atoms with E-state index in [0.717, 1.165) is 31.1 Å². The summed E-state index contributed by atoms with van der Waals surface area (Å²) in [5.41, 5.74) is 0. The van der Waals surface area contributed by atoms with E-state index in [0.29, 0.717) is 6.04 Å². The Morgan fingerprint density at radius 1 is 1.20 bits per heavy atom. The number of likely N-dealkylation sites (tertiary alicyclic amines) is 1. The van der Waals surface area contributed by atoms with E-state index < -0.39 is 0 Å². The molecule has 0 saturated carbocycles. The highest BCUT2D eigenvalue weighted by atomic mass is 32.2. The number of thioether (sulfide) groups is 1. The third kappa shape index (κ3) is 2.60. The van der Waals surface area contributed by atoms with Crippen molar-refractivity contribution in [1.29, 1.82) is 0 Å². The Bertz CT molecular complexity index is 229. The quantitative estimate of drug-likeness (QED) is 0.633. The lowest BCUT2D eigenvalue weighted by Crippen LogP contribution is -2.52. The first kappa shape index (κ1) is 11.1. The Morgan fingerprint density at radius 2 is 1.93 bits per heavy atom. The maximum atomic E-state index is 12.2. The Balaban J connectivity index is 1.92. The number of hydrogen-bond acceptors (Lipinski definition) is 2. The van der Waals surface area contributed by atoms with E-state index in [1.54, 1.807) is 0 Å². The largest absolute Gasteiger partial charge is 0.325 e. The molecule has 2 saturated heterocycles. The third-order valence-electron chi connectivity index (χ3n) is 3.24. The van der Waals surface area contributed by atoms with Crippen LogP contribution < -0.4 is 0 Å². The molecule has 2 aliphatic heterocycles. The molecule has 2 heterocycles. The molecule has 2 fully saturated rings. The Morgan fingerprint density at radius 3 is 2.60 bits per heavy atom. The molecule has 3 nitrogen and oxygen atoms in total. The number of carbonyl (C=O) groups excluding carboxylic acids is 1. The van der Waals surface area contributed by atoms with Gasteiger partial charge in [0.25, 0.3) is 0 Å². The van der Waals surface area contributed by atoms with Crippen LogP contribution in [0.3, 0.4) is 0 Å². The molecule has 0 aromatic rings. The van der Waals surface area contributed by atoms with Crippen LogP contribution in [-0.4, -0.2) is 53.0 Å². The van der Waals surface area contributed by atoms with E-state index in [-0.39, 0.29) is 6.03 Å². The standard InChI is InChI=1S/C11H20N2OS/c1-10-9-15-8-7-13(10)11(14)12-5-3-2-4-6-12/h10H,2-9H2,1H3. The molecular weight excluding hydrogens is 208 g/mol. The molecule has 15 heavy (non-hydrogen) atoms. The van der Waals surface area contributed by atoms with Gasteiger partial charge in [0.05, 0.1) is 0 Å². The molecule has 0 radical (unpaired) electrons. The first-order chi connectivity index (χ1) is 7.29. The zero-order valence-corrected chi connectivity index (χ0v) is 10.3. The van der Waals surface area contributed by atoms with Gasteiger partial charge in [0, 0.05) is 37.2 Å². The first-order valence-corrected chi connectivity index (χ1v) is 7.08. The molecule has 0 spiro atoms. The molecule has 86 valence electrons. The van der Waals surface area contributed by atoms with Gasteiger partial charge in [-0.3, -0.25) is 0 Å². The average Bonchev–Trinajstić information content (AvgIpc) is 2.30. The van der Waals surface area contributed by atoms with Gasteiger partial charge in [-0.2, -0.15) is 11.8 Å². The van der Waals surface area contributed by atoms with E-state index in [1.807, 2.05) is 16.7 Å². The van der Waals surface area contributed by atoms with Crippen LogP contribution in [-0.2, 0) is 0 Å².